The molecule has 0 N–H and O–H groups in total. The molecule has 0 fully saturated rings. The minimum Gasteiger partial charge on any atom is -0.493 e. The molecule has 0 amide bonds. The van der Waals surface area contributed by atoms with Crippen LogP contribution in [-0.2, 0) is 22.4 Å². The summed E-state index contributed by atoms with van der Waals surface area (Å²) in [5.74, 6) is 2.13. The average Bonchev–Trinajstić information content (AvgIpc) is 3.19. The maximum absolute atomic E-state index is 11.8. The molecule has 4 rings (SSSR count). The highest BCUT2D eigenvalue weighted by atomic mass is 35.5. The Kier molecular flexibility index (Phi) is 7.55. The van der Waals surface area contributed by atoms with Crippen LogP contribution in [0.5, 0.6) is 5.75 Å². The van der Waals surface area contributed by atoms with Gasteiger partial charge in [0.1, 0.15) is 11.5 Å². The van der Waals surface area contributed by atoms with Crippen molar-refractivity contribution in [3.63, 3.8) is 0 Å². The van der Waals surface area contributed by atoms with Crippen molar-refractivity contribution in [1.29, 1.82) is 0 Å². The van der Waals surface area contributed by atoms with E-state index in [9.17, 15) is 4.79 Å². The third-order valence-corrected chi connectivity index (χ3v) is 6.03. The van der Waals surface area contributed by atoms with Gasteiger partial charge in [0.2, 0.25) is 5.89 Å². The molecule has 0 spiro atoms. The second kappa shape index (κ2) is 10.8. The number of fused-ring (bicyclic) bond motifs is 1. The van der Waals surface area contributed by atoms with Crippen molar-refractivity contribution in [1.82, 2.24) is 4.98 Å². The van der Waals surface area contributed by atoms with E-state index >= 15 is 0 Å². The highest BCUT2D eigenvalue weighted by Gasteiger charge is 2.21. The lowest BCUT2D eigenvalue weighted by Crippen LogP contribution is -2.32. The molecule has 7 heteroatoms. The van der Waals surface area contributed by atoms with Gasteiger partial charge >= 0.3 is 5.97 Å². The maximum Gasteiger partial charge on any atom is 0.307 e. The van der Waals surface area contributed by atoms with Gasteiger partial charge < -0.3 is 18.8 Å². The highest BCUT2D eigenvalue weighted by molar-refractivity contribution is 6.30. The van der Waals surface area contributed by atoms with Crippen molar-refractivity contribution < 1.29 is 18.7 Å². The number of rotatable bonds is 9. The smallest absolute Gasteiger partial charge is 0.307 e. The van der Waals surface area contributed by atoms with Gasteiger partial charge in [-0.15, -0.1) is 0 Å². The largest absolute Gasteiger partial charge is 0.493 e. The molecular formula is C26H29ClN2O4. The van der Waals surface area contributed by atoms with Crippen LogP contribution in [0.3, 0.4) is 0 Å². The molecule has 2 aromatic carbocycles. The van der Waals surface area contributed by atoms with E-state index in [-0.39, 0.29) is 5.97 Å². The Balaban J connectivity index is 1.39. The summed E-state index contributed by atoms with van der Waals surface area (Å²) in [4.78, 5) is 18.7. The van der Waals surface area contributed by atoms with Crippen LogP contribution in [0.15, 0.2) is 46.9 Å². The van der Waals surface area contributed by atoms with Gasteiger partial charge in [0, 0.05) is 41.3 Å². The number of carbonyl (C=O) groups excluding carboxylic acids is 1. The molecule has 0 saturated heterocycles. The zero-order chi connectivity index (χ0) is 23.2. The Bertz CT molecular complexity index is 1090. The van der Waals surface area contributed by atoms with Crippen molar-refractivity contribution in [2.24, 2.45) is 0 Å². The van der Waals surface area contributed by atoms with Crippen LogP contribution in [0.2, 0.25) is 5.02 Å². The summed E-state index contributed by atoms with van der Waals surface area (Å²) < 4.78 is 17.1. The highest BCUT2D eigenvalue weighted by Crippen LogP contribution is 2.34. The second-order valence-corrected chi connectivity index (χ2v) is 8.46. The number of oxazole rings is 1. The normalized spacial score (nSPS) is 13.0. The number of halogens is 1. The van der Waals surface area contributed by atoms with E-state index < -0.39 is 0 Å². The lowest BCUT2D eigenvalue weighted by molar-refractivity contribution is -0.142. The molecule has 1 aliphatic heterocycles. The number of nitrogens with zero attached hydrogens (tertiary/aromatic N) is 2. The molecule has 1 aromatic heterocycles. The predicted octanol–water partition coefficient (Wildman–Crippen LogP) is 5.63. The van der Waals surface area contributed by atoms with Gasteiger partial charge in [-0.1, -0.05) is 17.7 Å². The number of hydrogen-bond donors (Lipinski definition) is 0. The minimum atomic E-state index is -0.155. The van der Waals surface area contributed by atoms with E-state index in [1.54, 1.807) is 0 Å². The molecular weight excluding hydrogens is 440 g/mol. The number of aromatic nitrogens is 1. The predicted molar refractivity (Wildman–Crippen MR) is 129 cm³/mol. The van der Waals surface area contributed by atoms with Crippen molar-refractivity contribution in [2.45, 2.75) is 39.5 Å². The Hall–Kier alpha value is -2.99. The molecule has 1 aliphatic rings. The van der Waals surface area contributed by atoms with Crippen molar-refractivity contribution >= 4 is 23.3 Å². The Morgan fingerprint density at radius 1 is 1.21 bits per heavy atom. The van der Waals surface area contributed by atoms with Crippen molar-refractivity contribution in [3.8, 4) is 17.2 Å². The number of carbonyl (C=O) groups is 1. The van der Waals surface area contributed by atoms with E-state index in [1.807, 2.05) is 50.2 Å². The standard InChI is InChI=1S/C26H29ClN2O4/c1-3-31-25(30)13-16-29-15-5-6-21-23(29)7-4-8-24(21)32-17-14-22-18(2)33-26(28-22)19-9-11-20(27)12-10-19/h4,7-12H,3,5-6,13-17H2,1-2H3. The van der Waals surface area contributed by atoms with Crippen LogP contribution in [0.4, 0.5) is 5.69 Å². The first-order chi connectivity index (χ1) is 16.0. The zero-order valence-electron chi connectivity index (χ0n) is 19.1. The summed E-state index contributed by atoms with van der Waals surface area (Å²) in [7, 11) is 0. The molecule has 0 saturated carbocycles. The monoisotopic (exact) mass is 468 g/mol. The van der Waals surface area contributed by atoms with Crippen molar-refractivity contribution in [2.75, 3.05) is 31.2 Å². The summed E-state index contributed by atoms with van der Waals surface area (Å²) in [5.41, 5.74) is 4.13. The zero-order valence-corrected chi connectivity index (χ0v) is 19.9. The lowest BCUT2D eigenvalue weighted by atomic mass is 10.0. The lowest BCUT2D eigenvalue weighted by Gasteiger charge is -2.32. The van der Waals surface area contributed by atoms with Crippen LogP contribution < -0.4 is 9.64 Å². The number of benzene rings is 2. The number of hydrogen-bond acceptors (Lipinski definition) is 6. The number of ether oxygens (including phenoxy) is 2. The first kappa shape index (κ1) is 23.2. The van der Waals surface area contributed by atoms with E-state index in [0.29, 0.717) is 43.5 Å². The summed E-state index contributed by atoms with van der Waals surface area (Å²) >= 11 is 5.97. The first-order valence-electron chi connectivity index (χ1n) is 11.4. The van der Waals surface area contributed by atoms with Gasteiger partial charge in [0.15, 0.2) is 0 Å². The molecule has 0 radical (unpaired) electrons. The number of esters is 1. The fourth-order valence-electron chi connectivity index (χ4n) is 4.13. The van der Waals surface area contributed by atoms with E-state index in [0.717, 1.165) is 47.8 Å². The van der Waals surface area contributed by atoms with Gasteiger partial charge in [-0.05, 0) is 63.1 Å². The van der Waals surface area contributed by atoms with Crippen LogP contribution in [0.25, 0.3) is 11.5 Å². The fraction of sp³-hybridized carbons (Fsp3) is 0.385. The molecule has 3 aromatic rings. The van der Waals surface area contributed by atoms with Gasteiger partial charge in [-0.25, -0.2) is 4.98 Å². The molecule has 0 unspecified atom stereocenters. The van der Waals surface area contributed by atoms with E-state index in [4.69, 9.17) is 25.5 Å². The summed E-state index contributed by atoms with van der Waals surface area (Å²) in [6.07, 6.45) is 3.03. The van der Waals surface area contributed by atoms with Gasteiger partial charge in [-0.2, -0.15) is 0 Å². The van der Waals surface area contributed by atoms with Crippen LogP contribution in [-0.4, -0.2) is 37.3 Å². The van der Waals surface area contributed by atoms with Gasteiger partial charge in [-0.3, -0.25) is 4.79 Å². The first-order valence-corrected chi connectivity index (χ1v) is 11.8. The van der Waals surface area contributed by atoms with Crippen molar-refractivity contribution in [3.05, 3.63) is 64.5 Å². The summed E-state index contributed by atoms with van der Waals surface area (Å²) in [5, 5.41) is 0.682. The quantitative estimate of drug-likeness (QED) is 0.379. The van der Waals surface area contributed by atoms with Crippen LogP contribution >= 0.6 is 11.6 Å². The Morgan fingerprint density at radius 2 is 2.03 bits per heavy atom. The average molecular weight is 469 g/mol. The van der Waals surface area contributed by atoms with Crippen LogP contribution in [0.1, 0.15) is 36.8 Å². The molecule has 6 nitrogen and oxygen atoms in total. The minimum absolute atomic E-state index is 0.155. The topological polar surface area (TPSA) is 64.8 Å². The Labute approximate surface area is 199 Å². The summed E-state index contributed by atoms with van der Waals surface area (Å²) in [6, 6.07) is 13.6. The van der Waals surface area contributed by atoms with Gasteiger partial charge in [0.05, 0.1) is 25.3 Å². The number of anilines is 1. The maximum atomic E-state index is 11.8. The fourth-order valence-corrected chi connectivity index (χ4v) is 4.26. The molecule has 33 heavy (non-hydrogen) atoms. The molecule has 0 aliphatic carbocycles. The SMILES string of the molecule is CCOC(=O)CCN1CCCc2c(OCCc3nc(-c4ccc(Cl)cc4)oc3C)cccc21. The van der Waals surface area contributed by atoms with E-state index in [1.165, 1.54) is 5.56 Å². The Morgan fingerprint density at radius 3 is 2.82 bits per heavy atom. The third-order valence-electron chi connectivity index (χ3n) is 5.78. The number of aryl methyl sites for hydroxylation is 1. The third kappa shape index (κ3) is 5.69. The molecule has 0 bridgehead atoms. The summed E-state index contributed by atoms with van der Waals surface area (Å²) in [6.45, 7) is 6.26. The van der Waals surface area contributed by atoms with Crippen LogP contribution in [0, 0.1) is 6.92 Å². The second-order valence-electron chi connectivity index (χ2n) is 8.03. The van der Waals surface area contributed by atoms with Gasteiger partial charge in [0.25, 0.3) is 0 Å². The molecule has 174 valence electrons. The van der Waals surface area contributed by atoms with E-state index in [2.05, 4.69) is 16.0 Å². The molecule has 2 heterocycles. The molecule has 0 atom stereocenters.